The molecule has 2 aliphatic rings. The van der Waals surface area contributed by atoms with Crippen LogP contribution < -0.4 is 5.73 Å². The Bertz CT molecular complexity index is 996. The van der Waals surface area contributed by atoms with Crippen LogP contribution in [0.15, 0.2) is 59.6 Å². The maximum atomic E-state index is 13.6. The number of piperidine rings is 1. The van der Waals surface area contributed by atoms with Gasteiger partial charge in [0.2, 0.25) is 5.91 Å². The number of hydrogen-bond donors (Lipinski definition) is 1. The van der Waals surface area contributed by atoms with Crippen molar-refractivity contribution >= 4 is 17.8 Å². The Balaban J connectivity index is 1.70. The Morgan fingerprint density at radius 1 is 1.10 bits per heavy atom. The summed E-state index contributed by atoms with van der Waals surface area (Å²) in [6.07, 6.45) is 2.86. The minimum Gasteiger partial charge on any atom is -0.369 e. The van der Waals surface area contributed by atoms with Crippen LogP contribution in [0.1, 0.15) is 38.2 Å². The minimum absolute atomic E-state index is 0.0137. The highest BCUT2D eigenvalue weighted by Crippen LogP contribution is 2.45. The number of carbonyl (C=O) groups excluding carboxylic acids is 2. The number of likely N-dealkylation sites (tertiary alicyclic amines) is 1. The number of guanidine groups is 1. The number of nitrogens with two attached hydrogens (primary N) is 1. The Morgan fingerprint density at radius 2 is 1.77 bits per heavy atom. The second-order valence-corrected chi connectivity index (χ2v) is 8.45. The Hall–Kier alpha value is -3.15. The Kier molecular flexibility index (Phi) is 5.81. The highest BCUT2D eigenvalue weighted by Gasteiger charge is 2.54. The molecular formula is C25H30N4O2. The van der Waals surface area contributed by atoms with Crippen LogP contribution in [0.2, 0.25) is 0 Å². The van der Waals surface area contributed by atoms with Crippen LogP contribution >= 0.6 is 0 Å². The van der Waals surface area contributed by atoms with E-state index < -0.39 is 5.54 Å². The van der Waals surface area contributed by atoms with E-state index in [4.69, 9.17) is 10.7 Å². The number of amides is 2. The molecular weight excluding hydrogens is 388 g/mol. The fourth-order valence-electron chi connectivity index (χ4n) is 4.84. The molecule has 162 valence electrons. The fourth-order valence-corrected chi connectivity index (χ4v) is 4.84. The summed E-state index contributed by atoms with van der Waals surface area (Å²) in [5.74, 6) is 0.340. The first-order valence-electron chi connectivity index (χ1n) is 11.0. The van der Waals surface area contributed by atoms with E-state index in [0.717, 1.165) is 36.0 Å². The van der Waals surface area contributed by atoms with Gasteiger partial charge in [0, 0.05) is 32.5 Å². The van der Waals surface area contributed by atoms with Crippen molar-refractivity contribution in [2.75, 3.05) is 20.1 Å². The van der Waals surface area contributed by atoms with Crippen LogP contribution in [0.5, 0.6) is 0 Å². The lowest BCUT2D eigenvalue weighted by atomic mass is 9.72. The molecule has 2 aromatic rings. The number of hydrogen-bond acceptors (Lipinski definition) is 4. The minimum atomic E-state index is -1.04. The van der Waals surface area contributed by atoms with Crippen molar-refractivity contribution < 1.29 is 9.59 Å². The van der Waals surface area contributed by atoms with E-state index in [1.165, 1.54) is 4.90 Å². The third-order valence-corrected chi connectivity index (χ3v) is 6.58. The van der Waals surface area contributed by atoms with Crippen LogP contribution in [0.3, 0.4) is 0 Å². The van der Waals surface area contributed by atoms with Crippen molar-refractivity contribution in [2.24, 2.45) is 16.6 Å². The molecule has 0 bridgehead atoms. The second kappa shape index (κ2) is 8.53. The van der Waals surface area contributed by atoms with Crippen molar-refractivity contribution in [3.63, 3.8) is 0 Å². The lowest BCUT2D eigenvalue weighted by Gasteiger charge is -2.40. The largest absolute Gasteiger partial charge is 0.369 e. The van der Waals surface area contributed by atoms with Gasteiger partial charge in [-0.05, 0) is 42.0 Å². The van der Waals surface area contributed by atoms with Gasteiger partial charge in [0.1, 0.15) is 0 Å². The molecule has 0 saturated carbocycles. The highest BCUT2D eigenvalue weighted by atomic mass is 16.2. The molecule has 2 aliphatic heterocycles. The number of rotatable bonds is 5. The van der Waals surface area contributed by atoms with Crippen molar-refractivity contribution in [3.8, 4) is 11.1 Å². The van der Waals surface area contributed by atoms with Gasteiger partial charge in [-0.1, -0.05) is 55.5 Å². The second-order valence-electron chi connectivity index (χ2n) is 8.45. The van der Waals surface area contributed by atoms with Gasteiger partial charge in [-0.2, -0.15) is 0 Å². The van der Waals surface area contributed by atoms with Crippen LogP contribution in [-0.4, -0.2) is 47.7 Å². The first-order valence-corrected chi connectivity index (χ1v) is 11.0. The zero-order valence-corrected chi connectivity index (χ0v) is 18.3. The van der Waals surface area contributed by atoms with Crippen LogP contribution in [0.4, 0.5) is 0 Å². The molecule has 1 saturated heterocycles. The summed E-state index contributed by atoms with van der Waals surface area (Å²) in [5.41, 5.74) is 8.11. The van der Waals surface area contributed by atoms with E-state index in [1.807, 2.05) is 42.2 Å². The Morgan fingerprint density at radius 3 is 2.39 bits per heavy atom. The monoisotopic (exact) mass is 418 g/mol. The molecule has 2 heterocycles. The summed E-state index contributed by atoms with van der Waals surface area (Å²) in [4.78, 5) is 34.1. The van der Waals surface area contributed by atoms with Crippen LogP contribution in [-0.2, 0) is 15.1 Å². The summed E-state index contributed by atoms with van der Waals surface area (Å²) >= 11 is 0. The summed E-state index contributed by atoms with van der Waals surface area (Å²) in [7, 11) is 1.68. The van der Waals surface area contributed by atoms with Gasteiger partial charge in [0.15, 0.2) is 11.5 Å². The lowest BCUT2D eigenvalue weighted by molar-refractivity contribution is -0.135. The molecule has 0 radical (unpaired) electrons. The molecule has 1 fully saturated rings. The number of benzene rings is 2. The first-order chi connectivity index (χ1) is 15.0. The van der Waals surface area contributed by atoms with Crippen LogP contribution in [0.25, 0.3) is 11.1 Å². The Labute approximate surface area is 183 Å². The van der Waals surface area contributed by atoms with E-state index in [-0.39, 0.29) is 23.7 Å². The van der Waals surface area contributed by atoms with Gasteiger partial charge in [-0.25, -0.2) is 4.99 Å². The average Bonchev–Trinajstić information content (AvgIpc) is 3.05. The third kappa shape index (κ3) is 3.71. The smallest absolute Gasteiger partial charge is 0.261 e. The molecule has 2 aromatic carbocycles. The molecule has 0 aliphatic carbocycles. The third-order valence-electron chi connectivity index (χ3n) is 6.58. The summed E-state index contributed by atoms with van der Waals surface area (Å²) in [5, 5.41) is 0. The maximum Gasteiger partial charge on any atom is 0.261 e. The topological polar surface area (TPSA) is 79.0 Å². The van der Waals surface area contributed by atoms with Gasteiger partial charge in [0.25, 0.3) is 5.91 Å². The molecule has 1 atom stereocenters. The van der Waals surface area contributed by atoms with Gasteiger partial charge in [0.05, 0.1) is 0 Å². The number of likely N-dealkylation sites (N-methyl/N-ethyl adjacent to an activating group) is 1. The lowest BCUT2D eigenvalue weighted by Crippen LogP contribution is -2.49. The molecule has 31 heavy (non-hydrogen) atoms. The molecule has 2 amide bonds. The molecule has 1 unspecified atom stereocenters. The number of aliphatic imine (C=N–C) groups is 1. The van der Waals surface area contributed by atoms with E-state index in [9.17, 15) is 9.59 Å². The molecule has 6 heteroatoms. The zero-order valence-electron chi connectivity index (χ0n) is 18.3. The van der Waals surface area contributed by atoms with Gasteiger partial charge in [-0.3, -0.25) is 14.5 Å². The molecule has 0 spiro atoms. The SMILES string of the molecule is CCCC(=O)N1CCC(C2(c3cccc(-c4ccccc4)c3)N=C(N)N(C)C2=O)CC1. The summed E-state index contributed by atoms with van der Waals surface area (Å²) in [6.45, 7) is 3.32. The van der Waals surface area contributed by atoms with Gasteiger partial charge in [-0.15, -0.1) is 0 Å². The zero-order chi connectivity index (χ0) is 22.0. The normalized spacial score (nSPS) is 22.0. The van der Waals surface area contributed by atoms with E-state index in [1.54, 1.807) is 7.05 Å². The predicted molar refractivity (Wildman–Crippen MR) is 122 cm³/mol. The van der Waals surface area contributed by atoms with Gasteiger partial charge < -0.3 is 10.6 Å². The maximum absolute atomic E-state index is 13.6. The van der Waals surface area contributed by atoms with Gasteiger partial charge >= 0.3 is 0 Å². The quantitative estimate of drug-likeness (QED) is 0.809. The summed E-state index contributed by atoms with van der Waals surface area (Å²) in [6, 6.07) is 18.2. The fraction of sp³-hybridized carbons (Fsp3) is 0.400. The van der Waals surface area contributed by atoms with E-state index >= 15 is 0 Å². The predicted octanol–water partition coefficient (Wildman–Crippen LogP) is 3.37. The van der Waals surface area contributed by atoms with Crippen molar-refractivity contribution in [2.45, 2.75) is 38.1 Å². The molecule has 0 aromatic heterocycles. The number of nitrogens with zero attached hydrogens (tertiary/aromatic N) is 3. The average molecular weight is 419 g/mol. The number of carbonyl (C=O) groups is 2. The van der Waals surface area contributed by atoms with Crippen molar-refractivity contribution in [1.29, 1.82) is 0 Å². The van der Waals surface area contributed by atoms with E-state index in [0.29, 0.717) is 19.5 Å². The van der Waals surface area contributed by atoms with Crippen LogP contribution in [0, 0.1) is 5.92 Å². The molecule has 2 N–H and O–H groups in total. The molecule has 4 rings (SSSR count). The molecule has 6 nitrogen and oxygen atoms in total. The van der Waals surface area contributed by atoms with E-state index in [2.05, 4.69) is 24.3 Å². The summed E-state index contributed by atoms with van der Waals surface area (Å²) < 4.78 is 0. The highest BCUT2D eigenvalue weighted by molar-refractivity contribution is 6.07. The van der Waals surface area contributed by atoms with Crippen molar-refractivity contribution in [3.05, 3.63) is 60.2 Å². The van der Waals surface area contributed by atoms with Crippen molar-refractivity contribution in [1.82, 2.24) is 9.80 Å². The first kappa shape index (κ1) is 21.1. The standard InChI is InChI=1S/C25H30N4O2/c1-3-8-22(30)29-15-13-20(14-16-29)25(23(31)28(2)24(26)27-25)21-12-7-11-19(17-21)18-9-5-4-6-10-18/h4-7,9-12,17,20H,3,8,13-16H2,1-2H3,(H2,26,27).